The maximum absolute atomic E-state index is 11.1. The van der Waals surface area contributed by atoms with Gasteiger partial charge in [0.1, 0.15) is 0 Å². The van der Waals surface area contributed by atoms with Crippen LogP contribution in [0.5, 0.6) is 11.5 Å². The van der Waals surface area contributed by atoms with Crippen LogP contribution in [0.3, 0.4) is 0 Å². The van der Waals surface area contributed by atoms with Gasteiger partial charge in [-0.15, -0.1) is 0 Å². The van der Waals surface area contributed by atoms with E-state index in [-0.39, 0.29) is 11.7 Å². The van der Waals surface area contributed by atoms with Crippen LogP contribution in [0.1, 0.15) is 37.3 Å². The molecule has 0 saturated heterocycles. The maximum atomic E-state index is 11.1. The molecule has 106 valence electrons. The van der Waals surface area contributed by atoms with Crippen molar-refractivity contribution in [3.8, 4) is 11.5 Å². The Morgan fingerprint density at radius 1 is 1.21 bits per heavy atom. The van der Waals surface area contributed by atoms with Crippen LogP contribution in [0.2, 0.25) is 0 Å². The van der Waals surface area contributed by atoms with Crippen molar-refractivity contribution in [3.63, 3.8) is 0 Å². The van der Waals surface area contributed by atoms with Crippen molar-refractivity contribution in [1.29, 1.82) is 0 Å². The molecule has 0 aromatic heterocycles. The number of unbranched alkanes of at least 4 members (excludes halogenated alkanes) is 2. The first-order valence-corrected chi connectivity index (χ1v) is 6.92. The van der Waals surface area contributed by atoms with Crippen LogP contribution in [0, 0.1) is 0 Å². The Morgan fingerprint density at radius 2 is 1.95 bits per heavy atom. The number of rotatable bonds is 8. The summed E-state index contributed by atoms with van der Waals surface area (Å²) in [7, 11) is 3.23. The highest BCUT2D eigenvalue weighted by molar-refractivity contribution is 6.63. The fourth-order valence-electron chi connectivity index (χ4n) is 2.17. The zero-order valence-corrected chi connectivity index (χ0v) is 12.5. The summed E-state index contributed by atoms with van der Waals surface area (Å²) in [4.78, 5) is 11.1. The Kier molecular flexibility index (Phi) is 6.71. The molecule has 0 aliphatic heterocycles. The minimum absolute atomic E-state index is 0.226. The summed E-state index contributed by atoms with van der Waals surface area (Å²) >= 11 is 5.50. The van der Waals surface area contributed by atoms with Crippen molar-refractivity contribution in [1.82, 2.24) is 0 Å². The Hall–Kier alpha value is -1.22. The summed E-state index contributed by atoms with van der Waals surface area (Å²) < 4.78 is 10.7. The van der Waals surface area contributed by atoms with Gasteiger partial charge in [-0.1, -0.05) is 25.8 Å². The normalized spacial score (nSPS) is 10.3. The van der Waals surface area contributed by atoms with Crippen LogP contribution in [0.15, 0.2) is 12.1 Å². The maximum Gasteiger partial charge on any atom is 0.226 e. The molecule has 4 heteroatoms. The van der Waals surface area contributed by atoms with Crippen molar-refractivity contribution < 1.29 is 14.3 Å². The van der Waals surface area contributed by atoms with E-state index in [1.54, 1.807) is 14.2 Å². The van der Waals surface area contributed by atoms with E-state index < -0.39 is 0 Å². The molecule has 0 atom stereocenters. The smallest absolute Gasteiger partial charge is 0.226 e. The largest absolute Gasteiger partial charge is 0.493 e. The first-order valence-electron chi connectivity index (χ1n) is 6.55. The molecule has 0 unspecified atom stereocenters. The first-order chi connectivity index (χ1) is 9.13. The average Bonchev–Trinajstić information content (AvgIpc) is 2.39. The highest BCUT2D eigenvalue weighted by atomic mass is 35.5. The zero-order chi connectivity index (χ0) is 14.3. The minimum atomic E-state index is -0.357. The van der Waals surface area contributed by atoms with E-state index in [0.29, 0.717) is 11.5 Å². The van der Waals surface area contributed by atoms with Gasteiger partial charge in [0.2, 0.25) is 5.24 Å². The number of methoxy groups -OCH3 is 2. The number of carbonyl (C=O) groups is 1. The quantitative estimate of drug-likeness (QED) is 0.539. The molecule has 0 spiro atoms. The van der Waals surface area contributed by atoms with E-state index in [4.69, 9.17) is 21.1 Å². The lowest BCUT2D eigenvalue weighted by molar-refractivity contribution is -0.111. The van der Waals surface area contributed by atoms with Crippen molar-refractivity contribution in [3.05, 3.63) is 23.3 Å². The lowest BCUT2D eigenvalue weighted by Gasteiger charge is -2.16. The summed E-state index contributed by atoms with van der Waals surface area (Å²) in [6.07, 6.45) is 4.45. The van der Waals surface area contributed by atoms with E-state index in [9.17, 15) is 4.79 Å². The standard InChI is InChI=1S/C15H21ClO3/c1-4-5-6-7-12-11(10-14(16)17)8-9-13(18-2)15(12)19-3/h8-9H,4-7,10H2,1-3H3. The monoisotopic (exact) mass is 284 g/mol. The molecule has 0 heterocycles. The van der Waals surface area contributed by atoms with Gasteiger partial charge in [0.05, 0.1) is 14.2 Å². The van der Waals surface area contributed by atoms with E-state index >= 15 is 0 Å². The summed E-state index contributed by atoms with van der Waals surface area (Å²) in [6.45, 7) is 2.16. The van der Waals surface area contributed by atoms with E-state index in [0.717, 1.165) is 36.8 Å². The van der Waals surface area contributed by atoms with Gasteiger partial charge >= 0.3 is 0 Å². The molecule has 19 heavy (non-hydrogen) atoms. The Labute approximate surface area is 119 Å². The highest BCUT2D eigenvalue weighted by Crippen LogP contribution is 2.35. The zero-order valence-electron chi connectivity index (χ0n) is 11.8. The molecule has 1 aromatic rings. The fraction of sp³-hybridized carbons (Fsp3) is 0.533. The van der Waals surface area contributed by atoms with Crippen LogP contribution in [-0.4, -0.2) is 19.5 Å². The summed E-state index contributed by atoms with van der Waals surface area (Å²) in [5, 5.41) is -0.357. The number of halogens is 1. The van der Waals surface area contributed by atoms with Gasteiger partial charge in [-0.2, -0.15) is 0 Å². The molecule has 0 bridgehead atoms. The number of hydrogen-bond donors (Lipinski definition) is 0. The van der Waals surface area contributed by atoms with Crippen molar-refractivity contribution in [2.45, 2.75) is 39.0 Å². The van der Waals surface area contributed by atoms with Gasteiger partial charge in [0, 0.05) is 12.0 Å². The molecule has 3 nitrogen and oxygen atoms in total. The predicted molar refractivity (Wildman–Crippen MR) is 77.3 cm³/mol. The van der Waals surface area contributed by atoms with Gasteiger partial charge < -0.3 is 9.47 Å². The summed E-state index contributed by atoms with van der Waals surface area (Å²) in [6, 6.07) is 3.71. The van der Waals surface area contributed by atoms with Crippen LogP contribution < -0.4 is 9.47 Å². The van der Waals surface area contributed by atoms with Gasteiger partial charge in [0.25, 0.3) is 0 Å². The number of hydrogen-bond acceptors (Lipinski definition) is 3. The highest BCUT2D eigenvalue weighted by Gasteiger charge is 2.15. The molecule has 0 amide bonds. The SMILES string of the molecule is CCCCCc1c(CC(=O)Cl)ccc(OC)c1OC. The van der Waals surface area contributed by atoms with Gasteiger partial charge in [-0.05, 0) is 36.1 Å². The molecule has 0 N–H and O–H groups in total. The minimum Gasteiger partial charge on any atom is -0.493 e. The predicted octanol–water partition coefficient (Wildman–Crippen LogP) is 3.74. The molecule has 0 aliphatic rings. The van der Waals surface area contributed by atoms with Crippen LogP contribution in [0.25, 0.3) is 0 Å². The average molecular weight is 285 g/mol. The molecule has 0 aliphatic carbocycles. The van der Waals surface area contributed by atoms with Crippen LogP contribution >= 0.6 is 11.6 Å². The fourth-order valence-corrected chi connectivity index (χ4v) is 2.32. The van der Waals surface area contributed by atoms with Gasteiger partial charge in [-0.25, -0.2) is 0 Å². The molecule has 0 fully saturated rings. The Balaban J connectivity index is 3.11. The summed E-state index contributed by atoms with van der Waals surface area (Å²) in [5.41, 5.74) is 1.96. The first kappa shape index (κ1) is 15.8. The van der Waals surface area contributed by atoms with E-state index in [1.165, 1.54) is 0 Å². The number of benzene rings is 1. The van der Waals surface area contributed by atoms with Crippen molar-refractivity contribution in [2.75, 3.05) is 14.2 Å². The summed E-state index contributed by atoms with van der Waals surface area (Å²) in [5.74, 6) is 1.41. The Morgan fingerprint density at radius 3 is 2.47 bits per heavy atom. The topological polar surface area (TPSA) is 35.5 Å². The molecular weight excluding hydrogens is 264 g/mol. The molecule has 0 saturated carbocycles. The van der Waals surface area contributed by atoms with Gasteiger partial charge in [0.15, 0.2) is 11.5 Å². The number of ether oxygens (including phenoxy) is 2. The second-order valence-corrected chi connectivity index (χ2v) is 4.85. The van der Waals surface area contributed by atoms with Crippen LogP contribution in [-0.2, 0) is 17.6 Å². The van der Waals surface area contributed by atoms with Crippen molar-refractivity contribution >= 4 is 16.8 Å². The van der Waals surface area contributed by atoms with E-state index in [1.807, 2.05) is 12.1 Å². The Bertz CT molecular complexity index is 430. The van der Waals surface area contributed by atoms with Crippen molar-refractivity contribution in [2.24, 2.45) is 0 Å². The van der Waals surface area contributed by atoms with Gasteiger partial charge in [-0.3, -0.25) is 4.79 Å². The lowest BCUT2D eigenvalue weighted by Crippen LogP contribution is -2.04. The second kappa shape index (κ2) is 8.05. The molecule has 0 radical (unpaired) electrons. The third kappa shape index (κ3) is 4.43. The lowest BCUT2D eigenvalue weighted by atomic mass is 9.98. The number of carbonyl (C=O) groups excluding carboxylic acids is 1. The van der Waals surface area contributed by atoms with Crippen LogP contribution in [0.4, 0.5) is 0 Å². The molecule has 1 aromatic carbocycles. The van der Waals surface area contributed by atoms with E-state index in [2.05, 4.69) is 6.92 Å². The third-order valence-corrected chi connectivity index (χ3v) is 3.24. The molecule has 1 rings (SSSR count). The molecular formula is C15H21ClO3. The third-order valence-electron chi connectivity index (χ3n) is 3.11. The second-order valence-electron chi connectivity index (χ2n) is 4.43.